The first-order valence-electron chi connectivity index (χ1n) is 7.50. The van der Waals surface area contributed by atoms with Gasteiger partial charge in [0.15, 0.2) is 0 Å². The number of nitrogens with one attached hydrogen (secondary N) is 2. The van der Waals surface area contributed by atoms with Crippen molar-refractivity contribution in [2.45, 2.75) is 11.8 Å². The third-order valence-corrected chi connectivity index (χ3v) is 4.77. The van der Waals surface area contributed by atoms with Crippen LogP contribution in [-0.4, -0.2) is 35.7 Å². The number of rotatable bonds is 7. The van der Waals surface area contributed by atoms with E-state index in [1.54, 1.807) is 6.07 Å². The van der Waals surface area contributed by atoms with Crippen LogP contribution in [0.25, 0.3) is 0 Å². The van der Waals surface area contributed by atoms with Gasteiger partial charge in [0.25, 0.3) is 10.0 Å². The summed E-state index contributed by atoms with van der Waals surface area (Å²) in [6.45, 7) is 1.32. The van der Waals surface area contributed by atoms with Gasteiger partial charge in [0, 0.05) is 25.1 Å². The molecule has 0 atom stereocenters. The summed E-state index contributed by atoms with van der Waals surface area (Å²) < 4.78 is 43.2. The molecule has 0 spiro atoms. The third kappa shape index (κ3) is 4.57. The number of sulfonamides is 1. The maximum atomic E-state index is 12.7. The highest BCUT2D eigenvalue weighted by molar-refractivity contribution is 7.92. The molecule has 0 fully saturated rings. The molecule has 26 heavy (non-hydrogen) atoms. The first-order valence-corrected chi connectivity index (χ1v) is 8.99. The van der Waals surface area contributed by atoms with Crippen molar-refractivity contribution in [2.75, 3.05) is 31.4 Å². The molecule has 8 nitrogen and oxygen atoms in total. The predicted octanol–water partition coefficient (Wildman–Crippen LogP) is 2.47. The summed E-state index contributed by atoms with van der Waals surface area (Å²) in [5.41, 5.74) is 0.532. The average molecular weight is 380 g/mol. The van der Waals surface area contributed by atoms with Gasteiger partial charge in [-0.3, -0.25) is 9.52 Å². The molecule has 2 rings (SSSR count). The van der Waals surface area contributed by atoms with Crippen LogP contribution < -0.4 is 24.2 Å². The van der Waals surface area contributed by atoms with Gasteiger partial charge in [0.05, 0.1) is 37.6 Å². The normalized spacial score (nSPS) is 10.8. The number of benzene rings is 2. The van der Waals surface area contributed by atoms with Gasteiger partial charge in [-0.15, -0.1) is 0 Å². The molecular weight excluding hydrogens is 360 g/mol. The number of amides is 1. The minimum Gasteiger partial charge on any atom is -0.497 e. The SMILES string of the molecule is COc1cc(NS(=O)(=O)c2ccc(OC)c(NC(C)=O)c2)cc(OC)c1. The van der Waals surface area contributed by atoms with Crippen molar-refractivity contribution >= 4 is 27.3 Å². The highest BCUT2D eigenvalue weighted by atomic mass is 32.2. The topological polar surface area (TPSA) is 103 Å². The van der Waals surface area contributed by atoms with Crippen molar-refractivity contribution in [1.29, 1.82) is 0 Å². The van der Waals surface area contributed by atoms with Crippen LogP contribution in [0.15, 0.2) is 41.3 Å². The Morgan fingerprint density at radius 1 is 0.923 bits per heavy atom. The zero-order chi connectivity index (χ0) is 19.3. The Kier molecular flexibility index (Phi) is 5.93. The van der Waals surface area contributed by atoms with Crippen molar-refractivity contribution < 1.29 is 27.4 Å². The summed E-state index contributed by atoms with van der Waals surface area (Å²) in [7, 11) is 0.449. The predicted molar refractivity (Wildman–Crippen MR) is 97.7 cm³/mol. The van der Waals surface area contributed by atoms with Crippen LogP contribution in [0.4, 0.5) is 11.4 Å². The van der Waals surface area contributed by atoms with Crippen LogP contribution >= 0.6 is 0 Å². The maximum absolute atomic E-state index is 12.7. The molecule has 2 aromatic rings. The van der Waals surface area contributed by atoms with E-state index >= 15 is 0 Å². The molecule has 0 aliphatic rings. The summed E-state index contributed by atoms with van der Waals surface area (Å²) in [5.74, 6) is 0.886. The first kappa shape index (κ1) is 19.4. The summed E-state index contributed by atoms with van der Waals surface area (Å²) in [6, 6.07) is 8.84. The van der Waals surface area contributed by atoms with Crippen LogP contribution in [0.2, 0.25) is 0 Å². The number of hydrogen-bond acceptors (Lipinski definition) is 6. The molecule has 9 heteroatoms. The van der Waals surface area contributed by atoms with Crippen molar-refractivity contribution in [1.82, 2.24) is 0 Å². The molecule has 140 valence electrons. The molecule has 1 amide bonds. The van der Waals surface area contributed by atoms with Crippen LogP contribution in [0.1, 0.15) is 6.92 Å². The second kappa shape index (κ2) is 7.96. The second-order valence-electron chi connectivity index (χ2n) is 5.25. The summed E-state index contributed by atoms with van der Waals surface area (Å²) in [6.07, 6.45) is 0. The monoisotopic (exact) mass is 380 g/mol. The van der Waals surface area contributed by atoms with Crippen molar-refractivity contribution in [3.05, 3.63) is 36.4 Å². The van der Waals surface area contributed by atoms with Gasteiger partial charge in [0.2, 0.25) is 5.91 Å². The lowest BCUT2D eigenvalue weighted by atomic mass is 10.3. The van der Waals surface area contributed by atoms with E-state index < -0.39 is 10.0 Å². The van der Waals surface area contributed by atoms with Gasteiger partial charge in [-0.2, -0.15) is 0 Å². The largest absolute Gasteiger partial charge is 0.497 e. The standard InChI is InChI=1S/C17H20N2O6S/c1-11(20)18-16-10-15(5-6-17(16)25-4)26(21,22)19-12-7-13(23-2)9-14(8-12)24-3/h5-10,19H,1-4H3,(H,18,20). The quantitative estimate of drug-likeness (QED) is 0.765. The zero-order valence-corrected chi connectivity index (χ0v) is 15.6. The highest BCUT2D eigenvalue weighted by Crippen LogP contribution is 2.30. The number of anilines is 2. The number of methoxy groups -OCH3 is 3. The Labute approximate surface area is 152 Å². The van der Waals surface area contributed by atoms with E-state index in [2.05, 4.69) is 10.0 Å². The summed E-state index contributed by atoms with van der Waals surface area (Å²) in [4.78, 5) is 11.3. The average Bonchev–Trinajstić information content (AvgIpc) is 2.60. The molecular formula is C17H20N2O6S. The van der Waals surface area contributed by atoms with Crippen molar-refractivity contribution in [2.24, 2.45) is 0 Å². The van der Waals surface area contributed by atoms with Crippen molar-refractivity contribution in [3.63, 3.8) is 0 Å². The van der Waals surface area contributed by atoms with Gasteiger partial charge in [-0.05, 0) is 18.2 Å². The molecule has 0 aliphatic heterocycles. The molecule has 0 aromatic heterocycles. The smallest absolute Gasteiger partial charge is 0.261 e. The van der Waals surface area contributed by atoms with Crippen molar-refractivity contribution in [3.8, 4) is 17.2 Å². The van der Waals surface area contributed by atoms with Crippen LogP contribution in [0, 0.1) is 0 Å². The molecule has 0 bridgehead atoms. The molecule has 2 N–H and O–H groups in total. The third-order valence-electron chi connectivity index (χ3n) is 3.40. The number of hydrogen-bond donors (Lipinski definition) is 2. The van der Waals surface area contributed by atoms with E-state index in [-0.39, 0.29) is 22.2 Å². The Morgan fingerprint density at radius 2 is 1.54 bits per heavy atom. The minimum absolute atomic E-state index is 0.0381. The van der Waals surface area contributed by atoms with E-state index in [1.165, 1.54) is 58.6 Å². The fourth-order valence-electron chi connectivity index (χ4n) is 2.22. The van der Waals surface area contributed by atoms with Crippen LogP contribution in [0.3, 0.4) is 0 Å². The van der Waals surface area contributed by atoms with Gasteiger partial charge in [-0.1, -0.05) is 0 Å². The van der Waals surface area contributed by atoms with Gasteiger partial charge >= 0.3 is 0 Å². The molecule has 0 aliphatic carbocycles. The Bertz CT molecular complexity index is 889. The van der Waals surface area contributed by atoms with E-state index in [9.17, 15) is 13.2 Å². The molecule has 0 heterocycles. The van der Waals surface area contributed by atoms with E-state index in [0.29, 0.717) is 17.2 Å². The summed E-state index contributed by atoms with van der Waals surface area (Å²) in [5, 5.41) is 2.54. The summed E-state index contributed by atoms with van der Waals surface area (Å²) >= 11 is 0. The van der Waals surface area contributed by atoms with E-state index in [0.717, 1.165) is 0 Å². The number of carbonyl (C=O) groups excluding carboxylic acids is 1. The molecule has 0 unspecified atom stereocenters. The number of carbonyl (C=O) groups is 1. The van der Waals surface area contributed by atoms with Gasteiger partial charge in [-0.25, -0.2) is 8.42 Å². The van der Waals surface area contributed by atoms with Gasteiger partial charge in [0.1, 0.15) is 17.2 Å². The van der Waals surface area contributed by atoms with Gasteiger partial charge < -0.3 is 19.5 Å². The fraction of sp³-hybridized carbons (Fsp3) is 0.235. The molecule has 2 aromatic carbocycles. The Morgan fingerprint density at radius 3 is 2.04 bits per heavy atom. The lowest BCUT2D eigenvalue weighted by Crippen LogP contribution is -2.14. The molecule has 0 saturated heterocycles. The highest BCUT2D eigenvalue weighted by Gasteiger charge is 2.18. The Balaban J connectivity index is 2.40. The fourth-order valence-corrected chi connectivity index (χ4v) is 3.29. The second-order valence-corrected chi connectivity index (χ2v) is 6.93. The van der Waals surface area contributed by atoms with E-state index in [4.69, 9.17) is 14.2 Å². The lowest BCUT2D eigenvalue weighted by molar-refractivity contribution is -0.114. The molecule has 0 radical (unpaired) electrons. The van der Waals surface area contributed by atoms with Crippen LogP contribution in [0.5, 0.6) is 17.2 Å². The molecule has 0 saturated carbocycles. The zero-order valence-electron chi connectivity index (χ0n) is 14.8. The minimum atomic E-state index is -3.91. The first-order chi connectivity index (χ1) is 12.3. The van der Waals surface area contributed by atoms with Crippen LogP contribution in [-0.2, 0) is 14.8 Å². The lowest BCUT2D eigenvalue weighted by Gasteiger charge is -2.14. The maximum Gasteiger partial charge on any atom is 0.261 e. The number of ether oxygens (including phenoxy) is 3. The van der Waals surface area contributed by atoms with E-state index in [1.807, 2.05) is 0 Å². The Hall–Kier alpha value is -2.94.